The van der Waals surface area contributed by atoms with Crippen LogP contribution in [0, 0.1) is 0 Å². The van der Waals surface area contributed by atoms with Gasteiger partial charge in [0.15, 0.2) is 5.95 Å². The monoisotopic (exact) mass is 291 g/mol. The van der Waals surface area contributed by atoms with Crippen LogP contribution < -0.4 is 11.1 Å². The number of hydrogen-bond acceptors (Lipinski definition) is 3. The predicted octanol–water partition coefficient (Wildman–Crippen LogP) is 2.82. The lowest BCUT2D eigenvalue weighted by Gasteiger charge is -1.98. The van der Waals surface area contributed by atoms with Crippen molar-refractivity contribution in [3.63, 3.8) is 0 Å². The number of amides is 1. The van der Waals surface area contributed by atoms with Gasteiger partial charge >= 0.3 is 0 Å². The maximum Gasteiger partial charge on any atom is 0.267 e. The van der Waals surface area contributed by atoms with Crippen molar-refractivity contribution in [2.24, 2.45) is 0 Å². The van der Waals surface area contributed by atoms with Crippen molar-refractivity contribution in [1.29, 1.82) is 0 Å². The van der Waals surface area contributed by atoms with Crippen LogP contribution in [0.3, 0.4) is 0 Å². The van der Waals surface area contributed by atoms with E-state index >= 15 is 0 Å². The highest BCUT2D eigenvalue weighted by Gasteiger charge is 2.02. The summed E-state index contributed by atoms with van der Waals surface area (Å²) in [5.41, 5.74) is 6.77. The first kappa shape index (κ1) is 18.5. The molecule has 0 bridgehead atoms. The van der Waals surface area contributed by atoms with Crippen LogP contribution in [-0.4, -0.2) is 27.4 Å². The highest BCUT2D eigenvalue weighted by atomic mass is 16.1. The second-order valence-corrected chi connectivity index (χ2v) is 3.42. The number of imidazole rings is 1. The van der Waals surface area contributed by atoms with Crippen LogP contribution in [0.25, 0.3) is 6.08 Å². The van der Waals surface area contributed by atoms with Gasteiger partial charge in [-0.05, 0) is 18.2 Å². The minimum Gasteiger partial charge on any atom is -0.369 e. The molecule has 21 heavy (non-hydrogen) atoms. The van der Waals surface area contributed by atoms with Crippen LogP contribution in [0.1, 0.15) is 43.9 Å². The van der Waals surface area contributed by atoms with Crippen molar-refractivity contribution < 1.29 is 4.79 Å². The highest BCUT2D eigenvalue weighted by Crippen LogP contribution is 1.99. The molecule has 1 amide bonds. The number of nitrogens with zero attached hydrogens (tertiary/aromatic N) is 1. The first-order chi connectivity index (χ1) is 10.3. The number of aromatic nitrogens is 3. The molecule has 6 heteroatoms. The van der Waals surface area contributed by atoms with Gasteiger partial charge in [-0.1, -0.05) is 33.8 Å². The zero-order valence-electron chi connectivity index (χ0n) is 13.1. The molecule has 5 N–H and O–H groups in total. The Kier molecular flexibility index (Phi) is 9.99. The van der Waals surface area contributed by atoms with Gasteiger partial charge in [0, 0.05) is 12.7 Å². The molecule has 0 atom stereocenters. The summed E-state index contributed by atoms with van der Waals surface area (Å²) in [6, 6.07) is 3.49. The quantitative estimate of drug-likeness (QED) is 0.697. The van der Waals surface area contributed by atoms with Crippen LogP contribution in [-0.2, 0) is 0 Å². The second-order valence-electron chi connectivity index (χ2n) is 3.42. The average Bonchev–Trinajstić information content (AvgIpc) is 3.19. The highest BCUT2D eigenvalue weighted by molar-refractivity contribution is 5.92. The molecule has 0 saturated heterocycles. The average molecular weight is 291 g/mol. The number of aromatic amines is 2. The van der Waals surface area contributed by atoms with E-state index in [9.17, 15) is 4.79 Å². The number of rotatable bonds is 4. The zero-order chi connectivity index (χ0) is 16.1. The number of anilines is 1. The van der Waals surface area contributed by atoms with Crippen LogP contribution in [0.4, 0.5) is 5.95 Å². The Morgan fingerprint density at radius 1 is 1.38 bits per heavy atom. The second kappa shape index (κ2) is 11.3. The van der Waals surface area contributed by atoms with E-state index < -0.39 is 0 Å². The van der Waals surface area contributed by atoms with Crippen molar-refractivity contribution in [3.05, 3.63) is 42.0 Å². The normalized spacial score (nSPS) is 9.33. The van der Waals surface area contributed by atoms with Crippen molar-refractivity contribution in [2.75, 3.05) is 12.3 Å². The Labute approximate surface area is 125 Å². The Bertz CT molecular complexity index is 514. The number of carbonyl (C=O) groups is 1. The molecule has 2 aromatic rings. The molecule has 0 spiro atoms. The first-order valence-corrected chi connectivity index (χ1v) is 7.14. The van der Waals surface area contributed by atoms with Gasteiger partial charge in [-0.25, -0.2) is 4.98 Å². The van der Waals surface area contributed by atoms with Gasteiger partial charge in [-0.2, -0.15) is 0 Å². The maximum absolute atomic E-state index is 11.5. The lowest BCUT2D eigenvalue weighted by atomic mass is 10.4. The van der Waals surface area contributed by atoms with Crippen molar-refractivity contribution >= 4 is 17.9 Å². The third-order valence-electron chi connectivity index (χ3n) is 2.14. The van der Waals surface area contributed by atoms with Gasteiger partial charge in [0.25, 0.3) is 5.91 Å². The predicted molar refractivity (Wildman–Crippen MR) is 87.9 cm³/mol. The van der Waals surface area contributed by atoms with E-state index in [0.29, 0.717) is 18.2 Å². The van der Waals surface area contributed by atoms with Gasteiger partial charge in [0.2, 0.25) is 0 Å². The molecule has 116 valence electrons. The Balaban J connectivity index is 0.000000921. The van der Waals surface area contributed by atoms with E-state index in [1.807, 2.05) is 33.8 Å². The van der Waals surface area contributed by atoms with Crippen LogP contribution in [0.5, 0.6) is 0 Å². The Hall–Kier alpha value is -2.50. The molecule has 2 rings (SSSR count). The summed E-state index contributed by atoms with van der Waals surface area (Å²) in [5.74, 6) is 0.240. The number of H-pyrrole nitrogens is 2. The van der Waals surface area contributed by atoms with Gasteiger partial charge in [0.05, 0.1) is 11.9 Å². The Morgan fingerprint density at radius 3 is 2.62 bits per heavy atom. The standard InChI is InChI=1S/C11H13N5O.2C2H6/c12-11-15-7-8(16-11)3-1-6-14-10(17)9-4-2-5-13-9;2*1-2/h1-5,7,13H,6H2,(H,14,17)(H3,12,15,16);2*1-2H3/b3-1-;;. The van der Waals surface area contributed by atoms with Crippen molar-refractivity contribution in [1.82, 2.24) is 20.3 Å². The summed E-state index contributed by atoms with van der Waals surface area (Å²) in [6.07, 6.45) is 6.95. The van der Waals surface area contributed by atoms with Gasteiger partial charge in [-0.3, -0.25) is 4.79 Å². The van der Waals surface area contributed by atoms with Gasteiger partial charge < -0.3 is 21.0 Å². The van der Waals surface area contributed by atoms with Gasteiger partial charge in [0.1, 0.15) is 5.69 Å². The molecular formula is C15H25N5O. The van der Waals surface area contributed by atoms with E-state index in [-0.39, 0.29) is 5.91 Å². The summed E-state index contributed by atoms with van der Waals surface area (Å²) < 4.78 is 0. The van der Waals surface area contributed by atoms with E-state index in [1.165, 1.54) is 0 Å². The molecule has 0 fully saturated rings. The van der Waals surface area contributed by atoms with Crippen LogP contribution >= 0.6 is 0 Å². The summed E-state index contributed by atoms with van der Waals surface area (Å²) in [7, 11) is 0. The minimum absolute atomic E-state index is 0.135. The number of nitrogens with two attached hydrogens (primary N) is 1. The summed E-state index contributed by atoms with van der Waals surface area (Å²) >= 11 is 0. The topological polar surface area (TPSA) is 99.6 Å². The largest absolute Gasteiger partial charge is 0.369 e. The molecule has 0 aliphatic rings. The zero-order valence-corrected chi connectivity index (χ0v) is 13.1. The summed E-state index contributed by atoms with van der Waals surface area (Å²) in [5, 5.41) is 2.74. The molecule has 2 aromatic heterocycles. The van der Waals surface area contributed by atoms with E-state index in [4.69, 9.17) is 5.73 Å². The van der Waals surface area contributed by atoms with Crippen LogP contribution in [0.15, 0.2) is 30.6 Å². The van der Waals surface area contributed by atoms with Gasteiger partial charge in [-0.15, -0.1) is 0 Å². The van der Waals surface area contributed by atoms with E-state index in [1.54, 1.807) is 30.6 Å². The fraction of sp³-hybridized carbons (Fsp3) is 0.333. The van der Waals surface area contributed by atoms with Crippen molar-refractivity contribution in [2.45, 2.75) is 27.7 Å². The summed E-state index contributed by atoms with van der Waals surface area (Å²) in [6.45, 7) is 8.44. The fourth-order valence-electron chi connectivity index (χ4n) is 1.34. The SMILES string of the molecule is CC.CC.Nc1ncc(/C=C\CNC(=O)c2ccc[nH]2)[nH]1. The molecular weight excluding hydrogens is 266 g/mol. The number of nitrogens with one attached hydrogen (secondary N) is 3. The third kappa shape index (κ3) is 7.00. The molecule has 0 aliphatic carbocycles. The lowest BCUT2D eigenvalue weighted by Crippen LogP contribution is -2.23. The molecule has 2 heterocycles. The van der Waals surface area contributed by atoms with Crippen molar-refractivity contribution in [3.8, 4) is 0 Å². The smallest absolute Gasteiger partial charge is 0.267 e. The molecule has 0 radical (unpaired) electrons. The maximum atomic E-state index is 11.5. The van der Waals surface area contributed by atoms with Crippen LogP contribution in [0.2, 0.25) is 0 Å². The fourth-order valence-corrected chi connectivity index (χ4v) is 1.34. The number of nitrogen functional groups attached to an aromatic ring is 1. The lowest BCUT2D eigenvalue weighted by molar-refractivity contribution is 0.0953. The molecule has 0 aromatic carbocycles. The molecule has 0 unspecified atom stereocenters. The Morgan fingerprint density at radius 2 is 2.10 bits per heavy atom. The minimum atomic E-state index is -0.135. The third-order valence-corrected chi connectivity index (χ3v) is 2.14. The van der Waals surface area contributed by atoms with E-state index in [0.717, 1.165) is 5.69 Å². The number of hydrogen-bond donors (Lipinski definition) is 4. The number of carbonyl (C=O) groups excluding carboxylic acids is 1. The van der Waals surface area contributed by atoms with E-state index in [2.05, 4.69) is 20.3 Å². The molecule has 0 aliphatic heterocycles. The molecule has 0 saturated carbocycles. The summed E-state index contributed by atoms with van der Waals surface area (Å²) in [4.78, 5) is 21.0. The molecule has 6 nitrogen and oxygen atoms in total. The first-order valence-electron chi connectivity index (χ1n) is 7.14.